The van der Waals surface area contributed by atoms with Crippen LogP contribution in [0.2, 0.25) is 20.4 Å². The van der Waals surface area contributed by atoms with Crippen molar-refractivity contribution in [3.05, 3.63) is 44.1 Å². The molecule has 17 heavy (non-hydrogen) atoms. The van der Waals surface area contributed by atoms with Crippen LogP contribution in [0, 0.1) is 6.92 Å². The van der Waals surface area contributed by atoms with Gasteiger partial charge in [-0.3, -0.25) is 0 Å². The summed E-state index contributed by atoms with van der Waals surface area (Å²) in [5.74, 6) is 0.398. The molecule has 0 aliphatic heterocycles. The normalized spacial score (nSPS) is 10.6. The Morgan fingerprint density at radius 1 is 0.824 bits per heavy atom. The topological polar surface area (TPSA) is 25.8 Å². The van der Waals surface area contributed by atoms with Crippen LogP contribution in [0.3, 0.4) is 0 Å². The first-order chi connectivity index (χ1) is 7.97. The lowest BCUT2D eigenvalue weighted by molar-refractivity contribution is 1.14. The Balaban J connectivity index is 2.60. The first-order valence-electron chi connectivity index (χ1n) is 4.63. The molecule has 0 fully saturated rings. The minimum Gasteiger partial charge on any atom is -0.216 e. The maximum Gasteiger partial charge on any atom is 0.162 e. The number of halogens is 4. The number of hydrogen-bond donors (Lipinski definition) is 0. The van der Waals surface area contributed by atoms with Crippen LogP contribution in [-0.4, -0.2) is 9.97 Å². The molecule has 6 heteroatoms. The second-order valence-corrected chi connectivity index (χ2v) is 5.00. The smallest absolute Gasteiger partial charge is 0.162 e. The predicted octanol–water partition coefficient (Wildman–Crippen LogP) is 5.07. The lowest BCUT2D eigenvalue weighted by Crippen LogP contribution is -1.94. The van der Waals surface area contributed by atoms with Gasteiger partial charge in [0.2, 0.25) is 0 Å². The Kier molecular flexibility index (Phi) is 3.79. The Hall–Kier alpha value is -0.540. The Labute approximate surface area is 119 Å². The molecule has 2 nitrogen and oxygen atoms in total. The molecule has 1 aromatic heterocycles. The van der Waals surface area contributed by atoms with E-state index in [1.165, 1.54) is 0 Å². The molecule has 0 bridgehead atoms. The van der Waals surface area contributed by atoms with E-state index in [-0.39, 0.29) is 0 Å². The molecule has 88 valence electrons. The van der Waals surface area contributed by atoms with E-state index in [1.54, 1.807) is 25.1 Å². The summed E-state index contributed by atoms with van der Waals surface area (Å²) in [7, 11) is 0. The molecular formula is C11H6Cl4N2. The molecule has 0 N–H and O–H groups in total. The van der Waals surface area contributed by atoms with Crippen LogP contribution in [0.4, 0.5) is 0 Å². The van der Waals surface area contributed by atoms with Crippen LogP contribution >= 0.6 is 46.4 Å². The molecule has 0 saturated heterocycles. The van der Waals surface area contributed by atoms with E-state index in [1.807, 2.05) is 0 Å². The summed E-state index contributed by atoms with van der Waals surface area (Å²) in [6.45, 7) is 1.75. The molecule has 1 heterocycles. The highest BCUT2D eigenvalue weighted by Crippen LogP contribution is 2.28. The van der Waals surface area contributed by atoms with Crippen LogP contribution in [0.25, 0.3) is 11.4 Å². The van der Waals surface area contributed by atoms with Crippen LogP contribution in [0.15, 0.2) is 18.2 Å². The van der Waals surface area contributed by atoms with Crippen molar-refractivity contribution in [1.29, 1.82) is 0 Å². The SMILES string of the molecule is Cc1c(Cl)nc(-c2cc(Cl)cc(Cl)c2)nc1Cl. The first-order valence-corrected chi connectivity index (χ1v) is 6.14. The lowest BCUT2D eigenvalue weighted by Gasteiger charge is -2.05. The van der Waals surface area contributed by atoms with Gasteiger partial charge in [0.1, 0.15) is 10.3 Å². The fraction of sp³-hybridized carbons (Fsp3) is 0.0909. The van der Waals surface area contributed by atoms with Crippen molar-refractivity contribution < 1.29 is 0 Å². The highest BCUT2D eigenvalue weighted by molar-refractivity contribution is 6.35. The predicted molar refractivity (Wildman–Crippen MR) is 72.2 cm³/mol. The third-order valence-electron chi connectivity index (χ3n) is 2.15. The quantitative estimate of drug-likeness (QED) is 0.688. The first kappa shape index (κ1) is 12.9. The van der Waals surface area contributed by atoms with Crippen LogP contribution < -0.4 is 0 Å². The second kappa shape index (κ2) is 4.99. The zero-order chi connectivity index (χ0) is 12.6. The van der Waals surface area contributed by atoms with E-state index >= 15 is 0 Å². The highest BCUT2D eigenvalue weighted by Gasteiger charge is 2.10. The van der Waals surface area contributed by atoms with Crippen molar-refractivity contribution in [2.75, 3.05) is 0 Å². The summed E-state index contributed by atoms with van der Waals surface area (Å²) in [5, 5.41) is 1.64. The summed E-state index contributed by atoms with van der Waals surface area (Å²) in [5.41, 5.74) is 1.32. The fourth-order valence-corrected chi connectivity index (χ4v) is 2.19. The lowest BCUT2D eigenvalue weighted by atomic mass is 10.2. The van der Waals surface area contributed by atoms with Crippen LogP contribution in [-0.2, 0) is 0 Å². The van der Waals surface area contributed by atoms with Gasteiger partial charge >= 0.3 is 0 Å². The van der Waals surface area contributed by atoms with Crippen molar-refractivity contribution in [2.45, 2.75) is 6.92 Å². The Morgan fingerprint density at radius 2 is 1.29 bits per heavy atom. The van der Waals surface area contributed by atoms with E-state index in [9.17, 15) is 0 Å². The third-order valence-corrected chi connectivity index (χ3v) is 3.32. The minimum absolute atomic E-state index is 0.316. The van der Waals surface area contributed by atoms with Gasteiger partial charge in [0.05, 0.1) is 0 Å². The van der Waals surface area contributed by atoms with E-state index < -0.39 is 0 Å². The van der Waals surface area contributed by atoms with Gasteiger partial charge in [-0.1, -0.05) is 46.4 Å². The fourth-order valence-electron chi connectivity index (χ4n) is 1.28. The molecule has 0 aliphatic carbocycles. The van der Waals surface area contributed by atoms with Gasteiger partial charge < -0.3 is 0 Å². The standard InChI is InChI=1S/C11H6Cl4N2/c1-5-9(14)16-11(17-10(5)15)6-2-7(12)4-8(13)3-6/h2-4H,1H3. The molecule has 0 unspecified atom stereocenters. The molecule has 0 amide bonds. The third kappa shape index (κ3) is 2.83. The number of benzene rings is 1. The van der Waals surface area contributed by atoms with Gasteiger partial charge in [-0.25, -0.2) is 9.97 Å². The number of hydrogen-bond acceptors (Lipinski definition) is 2. The van der Waals surface area contributed by atoms with Crippen LogP contribution in [0.1, 0.15) is 5.56 Å². The molecule has 0 saturated carbocycles. The van der Waals surface area contributed by atoms with Crippen LogP contribution in [0.5, 0.6) is 0 Å². The van der Waals surface area contributed by atoms with E-state index in [0.29, 0.717) is 37.3 Å². The molecular weight excluding hydrogens is 302 g/mol. The Morgan fingerprint density at radius 3 is 1.76 bits per heavy atom. The average Bonchev–Trinajstić information content (AvgIpc) is 2.23. The van der Waals surface area contributed by atoms with Gasteiger partial charge in [0.25, 0.3) is 0 Å². The van der Waals surface area contributed by atoms with E-state index in [4.69, 9.17) is 46.4 Å². The van der Waals surface area contributed by atoms with E-state index in [2.05, 4.69) is 9.97 Å². The monoisotopic (exact) mass is 306 g/mol. The summed E-state index contributed by atoms with van der Waals surface area (Å²) in [6, 6.07) is 5.03. The largest absolute Gasteiger partial charge is 0.216 e. The highest BCUT2D eigenvalue weighted by atomic mass is 35.5. The van der Waals surface area contributed by atoms with Gasteiger partial charge in [-0.05, 0) is 25.1 Å². The number of rotatable bonds is 1. The van der Waals surface area contributed by atoms with Crippen molar-refractivity contribution in [1.82, 2.24) is 9.97 Å². The molecule has 1 aromatic carbocycles. The summed E-state index contributed by atoms with van der Waals surface area (Å²) in [4.78, 5) is 8.28. The van der Waals surface area contributed by atoms with Crippen molar-refractivity contribution >= 4 is 46.4 Å². The van der Waals surface area contributed by atoms with E-state index in [0.717, 1.165) is 0 Å². The molecule has 0 radical (unpaired) electrons. The Bertz CT molecular complexity index is 540. The zero-order valence-electron chi connectivity index (χ0n) is 8.64. The second-order valence-electron chi connectivity index (χ2n) is 3.41. The van der Waals surface area contributed by atoms with Gasteiger partial charge in [0, 0.05) is 21.2 Å². The molecule has 0 aliphatic rings. The van der Waals surface area contributed by atoms with Gasteiger partial charge in [-0.2, -0.15) is 0 Å². The molecule has 0 spiro atoms. The maximum atomic E-state index is 5.95. The summed E-state index contributed by atoms with van der Waals surface area (Å²) >= 11 is 23.7. The van der Waals surface area contributed by atoms with Crippen molar-refractivity contribution in [3.8, 4) is 11.4 Å². The molecule has 2 rings (SSSR count). The number of nitrogens with zero attached hydrogens (tertiary/aromatic N) is 2. The summed E-state index contributed by atoms with van der Waals surface area (Å²) in [6.07, 6.45) is 0. The number of aromatic nitrogens is 2. The van der Waals surface area contributed by atoms with Gasteiger partial charge in [0.15, 0.2) is 5.82 Å². The molecule has 2 aromatic rings. The van der Waals surface area contributed by atoms with Crippen molar-refractivity contribution in [3.63, 3.8) is 0 Å². The van der Waals surface area contributed by atoms with Gasteiger partial charge in [-0.15, -0.1) is 0 Å². The van der Waals surface area contributed by atoms with Crippen molar-refractivity contribution in [2.24, 2.45) is 0 Å². The summed E-state index contributed by atoms with van der Waals surface area (Å²) < 4.78 is 0. The zero-order valence-corrected chi connectivity index (χ0v) is 11.7. The maximum absolute atomic E-state index is 5.95. The molecule has 0 atom stereocenters. The average molecular weight is 308 g/mol. The minimum atomic E-state index is 0.316.